The van der Waals surface area contributed by atoms with Crippen LogP contribution in [0.5, 0.6) is 5.75 Å². The molecule has 0 saturated carbocycles. The predicted octanol–water partition coefficient (Wildman–Crippen LogP) is 2.51. The summed E-state index contributed by atoms with van der Waals surface area (Å²) in [7, 11) is 0. The van der Waals surface area contributed by atoms with E-state index in [9.17, 15) is 4.79 Å². The van der Waals surface area contributed by atoms with Crippen LogP contribution in [0.1, 0.15) is 38.5 Å². The van der Waals surface area contributed by atoms with Crippen molar-refractivity contribution in [2.45, 2.75) is 44.9 Å². The summed E-state index contributed by atoms with van der Waals surface area (Å²) in [4.78, 5) is 12.3. The quantitative estimate of drug-likeness (QED) is 0.849. The maximum atomic E-state index is 12.3. The number of hydrogen-bond donors (Lipinski definition) is 2. The number of benzene rings is 1. The summed E-state index contributed by atoms with van der Waals surface area (Å²) in [5.41, 5.74) is 6.29. The zero-order valence-electron chi connectivity index (χ0n) is 14.1. The van der Waals surface area contributed by atoms with Crippen molar-refractivity contribution in [3.8, 4) is 5.75 Å². The Bertz CT molecular complexity index is 712. The van der Waals surface area contributed by atoms with Crippen LogP contribution in [-0.2, 0) is 9.53 Å². The highest BCUT2D eigenvalue weighted by molar-refractivity contribution is 5.84. The van der Waals surface area contributed by atoms with Crippen LogP contribution in [0.2, 0.25) is 0 Å². The number of rotatable bonds is 6. The molecule has 2 heterocycles. The Balaban J connectivity index is 1.71. The minimum Gasteiger partial charge on any atom is -0.490 e. The molecule has 24 heavy (non-hydrogen) atoms. The third kappa shape index (κ3) is 3.39. The zero-order chi connectivity index (χ0) is 17.1. The molecule has 6 heteroatoms. The highest BCUT2D eigenvalue weighted by atomic mass is 16.5. The Hall–Kier alpha value is -2.05. The van der Waals surface area contributed by atoms with E-state index in [-0.39, 0.29) is 18.1 Å². The summed E-state index contributed by atoms with van der Waals surface area (Å²) in [5.74, 6) is 1.28. The number of furan rings is 1. The number of nitrogens with one attached hydrogen (secondary N) is 1. The smallest absolute Gasteiger partial charge is 0.249 e. The molecule has 1 aliphatic heterocycles. The van der Waals surface area contributed by atoms with Crippen molar-refractivity contribution in [1.82, 2.24) is 5.32 Å². The fourth-order valence-electron chi connectivity index (χ4n) is 2.99. The van der Waals surface area contributed by atoms with Crippen molar-refractivity contribution in [3.63, 3.8) is 0 Å². The van der Waals surface area contributed by atoms with Gasteiger partial charge in [-0.1, -0.05) is 12.1 Å². The molecule has 0 spiro atoms. The minimum absolute atomic E-state index is 0.0176. The second-order valence-corrected chi connectivity index (χ2v) is 6.05. The zero-order valence-corrected chi connectivity index (χ0v) is 14.1. The summed E-state index contributed by atoms with van der Waals surface area (Å²) < 4.78 is 17.1. The summed E-state index contributed by atoms with van der Waals surface area (Å²) >= 11 is 0. The van der Waals surface area contributed by atoms with Gasteiger partial charge in [0.05, 0.1) is 18.8 Å². The summed E-state index contributed by atoms with van der Waals surface area (Å²) in [6.07, 6.45) is 1.08. The Kier molecular flexibility index (Phi) is 5.06. The lowest BCUT2D eigenvalue weighted by Crippen LogP contribution is -2.36. The summed E-state index contributed by atoms with van der Waals surface area (Å²) in [5, 5.41) is 3.91. The first kappa shape index (κ1) is 16.8. The molecule has 1 amide bonds. The minimum atomic E-state index is -0.427. The molecule has 3 rings (SSSR count). The summed E-state index contributed by atoms with van der Waals surface area (Å²) in [6.45, 7) is 4.85. The molecule has 1 aliphatic rings. The number of ether oxygens (including phenoxy) is 2. The van der Waals surface area contributed by atoms with E-state index in [2.05, 4.69) is 5.32 Å². The molecular weight excluding hydrogens is 308 g/mol. The number of hydrogen-bond acceptors (Lipinski definition) is 5. The number of para-hydroxylation sites is 1. The monoisotopic (exact) mass is 332 g/mol. The van der Waals surface area contributed by atoms with E-state index in [4.69, 9.17) is 19.6 Å². The fourth-order valence-corrected chi connectivity index (χ4v) is 2.99. The Morgan fingerprint density at radius 2 is 2.29 bits per heavy atom. The average molecular weight is 332 g/mol. The van der Waals surface area contributed by atoms with E-state index in [0.717, 1.165) is 11.8 Å². The molecule has 0 radical (unpaired) electrons. The average Bonchev–Trinajstić information content (AvgIpc) is 3.22. The second kappa shape index (κ2) is 7.23. The lowest BCUT2D eigenvalue weighted by atomic mass is 10.1. The molecule has 6 nitrogen and oxygen atoms in total. The largest absolute Gasteiger partial charge is 0.490 e. The second-order valence-electron chi connectivity index (χ2n) is 6.05. The molecule has 0 aliphatic carbocycles. The van der Waals surface area contributed by atoms with Crippen LogP contribution in [0.4, 0.5) is 0 Å². The Labute approximate surface area is 141 Å². The maximum absolute atomic E-state index is 12.3. The van der Waals surface area contributed by atoms with Crippen LogP contribution in [-0.4, -0.2) is 31.3 Å². The van der Waals surface area contributed by atoms with Gasteiger partial charge in [0, 0.05) is 11.9 Å². The lowest BCUT2D eigenvalue weighted by molar-refractivity contribution is -0.132. The molecule has 1 fully saturated rings. The van der Waals surface area contributed by atoms with E-state index in [0.29, 0.717) is 36.7 Å². The SMILES string of the molecule is CCOc1cccc2cc(C(C)NC(=O)[C@@H]3CC[C@H](CN)O3)oc12. The molecule has 130 valence electrons. The topological polar surface area (TPSA) is 86.7 Å². The normalized spacial score (nSPS) is 21.8. The van der Waals surface area contributed by atoms with E-state index < -0.39 is 6.10 Å². The van der Waals surface area contributed by atoms with E-state index in [1.54, 1.807) is 0 Å². The van der Waals surface area contributed by atoms with Gasteiger partial charge in [-0.2, -0.15) is 0 Å². The van der Waals surface area contributed by atoms with Gasteiger partial charge in [0.25, 0.3) is 0 Å². The van der Waals surface area contributed by atoms with Crippen molar-refractivity contribution in [3.05, 3.63) is 30.0 Å². The Morgan fingerprint density at radius 3 is 3.00 bits per heavy atom. The van der Waals surface area contributed by atoms with Crippen molar-refractivity contribution in [2.24, 2.45) is 5.73 Å². The highest BCUT2D eigenvalue weighted by Crippen LogP contribution is 2.31. The Morgan fingerprint density at radius 1 is 1.46 bits per heavy atom. The number of amides is 1. The number of nitrogens with two attached hydrogens (primary N) is 1. The number of fused-ring (bicyclic) bond motifs is 1. The first-order valence-corrected chi connectivity index (χ1v) is 8.43. The highest BCUT2D eigenvalue weighted by Gasteiger charge is 2.31. The van der Waals surface area contributed by atoms with Gasteiger partial charge in [0.15, 0.2) is 11.3 Å². The molecular formula is C18H24N2O4. The molecule has 1 aromatic heterocycles. The molecule has 0 bridgehead atoms. The molecule has 3 atom stereocenters. The standard InChI is InChI=1S/C18H24N2O4/c1-3-22-14-6-4-5-12-9-16(24-17(12)14)11(2)20-18(21)15-8-7-13(10-19)23-15/h4-6,9,11,13,15H,3,7-8,10,19H2,1-2H3,(H,20,21)/t11?,13-,15+/m1/s1. The molecule has 2 aromatic rings. The van der Waals surface area contributed by atoms with Crippen LogP contribution >= 0.6 is 0 Å². The molecule has 1 unspecified atom stereocenters. The van der Waals surface area contributed by atoms with Gasteiger partial charge < -0.3 is 24.9 Å². The van der Waals surface area contributed by atoms with Crippen molar-refractivity contribution in [2.75, 3.05) is 13.2 Å². The first-order chi connectivity index (χ1) is 11.6. The van der Waals surface area contributed by atoms with E-state index in [1.165, 1.54) is 0 Å². The van der Waals surface area contributed by atoms with Gasteiger partial charge in [0.1, 0.15) is 11.9 Å². The van der Waals surface area contributed by atoms with Gasteiger partial charge >= 0.3 is 0 Å². The summed E-state index contributed by atoms with van der Waals surface area (Å²) in [6, 6.07) is 7.45. The van der Waals surface area contributed by atoms with E-state index in [1.807, 2.05) is 38.1 Å². The van der Waals surface area contributed by atoms with Crippen LogP contribution in [0.15, 0.2) is 28.7 Å². The van der Waals surface area contributed by atoms with Crippen molar-refractivity contribution < 1.29 is 18.7 Å². The van der Waals surface area contributed by atoms with Crippen LogP contribution < -0.4 is 15.8 Å². The van der Waals surface area contributed by atoms with Gasteiger partial charge in [-0.3, -0.25) is 4.79 Å². The first-order valence-electron chi connectivity index (χ1n) is 8.43. The van der Waals surface area contributed by atoms with Gasteiger partial charge in [0.2, 0.25) is 5.91 Å². The van der Waals surface area contributed by atoms with Crippen LogP contribution in [0.25, 0.3) is 11.0 Å². The van der Waals surface area contributed by atoms with Gasteiger partial charge in [-0.25, -0.2) is 0 Å². The van der Waals surface area contributed by atoms with Gasteiger partial charge in [-0.15, -0.1) is 0 Å². The molecule has 1 aromatic carbocycles. The third-order valence-electron chi connectivity index (χ3n) is 4.28. The van der Waals surface area contributed by atoms with Crippen LogP contribution in [0, 0.1) is 0 Å². The fraction of sp³-hybridized carbons (Fsp3) is 0.500. The van der Waals surface area contributed by atoms with Gasteiger partial charge in [-0.05, 0) is 38.8 Å². The third-order valence-corrected chi connectivity index (χ3v) is 4.28. The van der Waals surface area contributed by atoms with Crippen molar-refractivity contribution >= 4 is 16.9 Å². The lowest BCUT2D eigenvalue weighted by Gasteiger charge is -2.16. The number of carbonyl (C=O) groups excluding carboxylic acids is 1. The molecule has 1 saturated heterocycles. The number of carbonyl (C=O) groups is 1. The molecule has 3 N–H and O–H groups in total. The van der Waals surface area contributed by atoms with E-state index >= 15 is 0 Å². The maximum Gasteiger partial charge on any atom is 0.249 e. The van der Waals surface area contributed by atoms with Crippen molar-refractivity contribution in [1.29, 1.82) is 0 Å². The van der Waals surface area contributed by atoms with Crippen LogP contribution in [0.3, 0.4) is 0 Å². The predicted molar refractivity (Wildman–Crippen MR) is 90.9 cm³/mol.